The van der Waals surface area contributed by atoms with E-state index in [4.69, 9.17) is 5.73 Å². The second-order valence-corrected chi connectivity index (χ2v) is 3.34. The van der Waals surface area contributed by atoms with Crippen LogP contribution in [0.3, 0.4) is 0 Å². The van der Waals surface area contributed by atoms with E-state index in [9.17, 15) is 4.39 Å². The molecule has 84 valence electrons. The lowest BCUT2D eigenvalue weighted by molar-refractivity contribution is 0.611. The maximum Gasteiger partial charge on any atom is 0.148 e. The van der Waals surface area contributed by atoms with Crippen LogP contribution in [0.15, 0.2) is 36.7 Å². The molecule has 0 aliphatic carbocycles. The number of nitrogens with two attached hydrogens (primary N) is 1. The predicted octanol–water partition coefficient (Wildman–Crippen LogP) is 1.38. The average Bonchev–Trinajstić information content (AvgIpc) is 2.75. The predicted molar refractivity (Wildman–Crippen MR) is 61.1 cm³/mol. The van der Waals surface area contributed by atoms with Crippen LogP contribution < -0.4 is 11.1 Å². The van der Waals surface area contributed by atoms with Crippen molar-refractivity contribution in [2.45, 2.75) is 0 Å². The van der Waals surface area contributed by atoms with Gasteiger partial charge < -0.3 is 11.1 Å². The molecular formula is C11H13FN4. The number of aromatic nitrogens is 2. The van der Waals surface area contributed by atoms with Gasteiger partial charge in [0.15, 0.2) is 0 Å². The number of hydrogen-bond donors (Lipinski definition) is 2. The summed E-state index contributed by atoms with van der Waals surface area (Å²) in [4.78, 5) is 0. The molecule has 0 spiro atoms. The molecule has 3 N–H and O–H groups in total. The molecule has 0 amide bonds. The fourth-order valence-electron chi connectivity index (χ4n) is 1.40. The van der Waals surface area contributed by atoms with E-state index >= 15 is 0 Å². The van der Waals surface area contributed by atoms with Gasteiger partial charge in [-0.1, -0.05) is 12.1 Å². The van der Waals surface area contributed by atoms with Crippen molar-refractivity contribution in [2.75, 3.05) is 18.4 Å². The molecule has 0 unspecified atom stereocenters. The Morgan fingerprint density at radius 2 is 2.19 bits per heavy atom. The summed E-state index contributed by atoms with van der Waals surface area (Å²) in [5.41, 5.74) is 6.63. The number of para-hydroxylation sites is 1. The molecule has 0 bridgehead atoms. The molecule has 0 atom stereocenters. The fourth-order valence-corrected chi connectivity index (χ4v) is 1.40. The molecular weight excluding hydrogens is 207 g/mol. The second kappa shape index (κ2) is 4.76. The largest absolute Gasteiger partial charge is 0.381 e. The molecule has 2 rings (SSSR count). The van der Waals surface area contributed by atoms with Crippen molar-refractivity contribution in [2.24, 2.45) is 5.73 Å². The van der Waals surface area contributed by atoms with Gasteiger partial charge in [0.25, 0.3) is 0 Å². The highest BCUT2D eigenvalue weighted by molar-refractivity contribution is 5.42. The van der Waals surface area contributed by atoms with Crippen molar-refractivity contribution in [1.82, 2.24) is 9.78 Å². The third-order valence-corrected chi connectivity index (χ3v) is 2.16. The van der Waals surface area contributed by atoms with Crippen molar-refractivity contribution in [3.63, 3.8) is 0 Å². The Balaban J connectivity index is 2.22. The zero-order chi connectivity index (χ0) is 11.4. The second-order valence-electron chi connectivity index (χ2n) is 3.34. The third-order valence-electron chi connectivity index (χ3n) is 2.16. The molecule has 16 heavy (non-hydrogen) atoms. The van der Waals surface area contributed by atoms with Gasteiger partial charge in [0, 0.05) is 13.1 Å². The summed E-state index contributed by atoms with van der Waals surface area (Å²) in [6.07, 6.45) is 3.37. The maximum absolute atomic E-state index is 13.4. The number of anilines is 1. The van der Waals surface area contributed by atoms with Gasteiger partial charge in [0.2, 0.25) is 0 Å². The standard InChI is InChI=1S/C11H13FN4/c12-10-3-1-2-4-11(10)16-8-9(7-15-16)14-6-5-13/h1-4,7-8,14H,5-6,13H2. The molecule has 0 saturated heterocycles. The minimum atomic E-state index is -0.295. The summed E-state index contributed by atoms with van der Waals surface area (Å²) in [5, 5.41) is 7.15. The number of benzene rings is 1. The highest BCUT2D eigenvalue weighted by atomic mass is 19.1. The van der Waals surface area contributed by atoms with Gasteiger partial charge in [-0.25, -0.2) is 9.07 Å². The van der Waals surface area contributed by atoms with Crippen LogP contribution in [0.2, 0.25) is 0 Å². The van der Waals surface area contributed by atoms with Crippen LogP contribution >= 0.6 is 0 Å². The Labute approximate surface area is 92.9 Å². The molecule has 1 aromatic heterocycles. The Kier molecular flexibility index (Phi) is 3.16. The van der Waals surface area contributed by atoms with Gasteiger partial charge >= 0.3 is 0 Å². The van der Waals surface area contributed by atoms with Crippen molar-refractivity contribution in [3.05, 3.63) is 42.5 Å². The quantitative estimate of drug-likeness (QED) is 0.818. The Morgan fingerprint density at radius 1 is 1.38 bits per heavy atom. The zero-order valence-electron chi connectivity index (χ0n) is 8.73. The molecule has 0 aliphatic heterocycles. The number of rotatable bonds is 4. The lowest BCUT2D eigenvalue weighted by atomic mass is 10.3. The lowest BCUT2D eigenvalue weighted by Crippen LogP contribution is -2.12. The van der Waals surface area contributed by atoms with Crippen LogP contribution in [0, 0.1) is 5.82 Å². The number of nitrogens with one attached hydrogen (secondary N) is 1. The highest BCUT2D eigenvalue weighted by Gasteiger charge is 2.04. The van der Waals surface area contributed by atoms with Gasteiger partial charge in [0.1, 0.15) is 11.5 Å². The first-order valence-electron chi connectivity index (χ1n) is 5.05. The van der Waals surface area contributed by atoms with Gasteiger partial charge in [0.05, 0.1) is 18.1 Å². The van der Waals surface area contributed by atoms with Crippen molar-refractivity contribution < 1.29 is 4.39 Å². The van der Waals surface area contributed by atoms with E-state index in [1.165, 1.54) is 10.7 Å². The van der Waals surface area contributed by atoms with Crippen LogP contribution in [-0.4, -0.2) is 22.9 Å². The van der Waals surface area contributed by atoms with Gasteiger partial charge in [-0.05, 0) is 12.1 Å². The van der Waals surface area contributed by atoms with Crippen LogP contribution in [0.25, 0.3) is 5.69 Å². The highest BCUT2D eigenvalue weighted by Crippen LogP contribution is 2.14. The summed E-state index contributed by atoms with van der Waals surface area (Å²) in [5.74, 6) is -0.295. The molecule has 1 aromatic carbocycles. The van der Waals surface area contributed by atoms with E-state index in [1.54, 1.807) is 30.6 Å². The van der Waals surface area contributed by atoms with Gasteiger partial charge in [-0.3, -0.25) is 0 Å². The summed E-state index contributed by atoms with van der Waals surface area (Å²) in [7, 11) is 0. The van der Waals surface area contributed by atoms with E-state index < -0.39 is 0 Å². The van der Waals surface area contributed by atoms with Crippen LogP contribution in [0.5, 0.6) is 0 Å². The van der Waals surface area contributed by atoms with Crippen LogP contribution in [0.1, 0.15) is 0 Å². The molecule has 2 aromatic rings. The van der Waals surface area contributed by atoms with Crippen molar-refractivity contribution >= 4 is 5.69 Å². The molecule has 0 fully saturated rings. The molecule has 0 saturated carbocycles. The monoisotopic (exact) mass is 220 g/mol. The molecule has 0 aliphatic rings. The zero-order valence-corrected chi connectivity index (χ0v) is 8.73. The Bertz CT molecular complexity index is 467. The number of halogens is 1. The number of hydrogen-bond acceptors (Lipinski definition) is 3. The molecule has 0 radical (unpaired) electrons. The molecule has 4 nitrogen and oxygen atoms in total. The first-order valence-corrected chi connectivity index (χ1v) is 5.05. The van der Waals surface area contributed by atoms with Crippen molar-refractivity contribution in [3.8, 4) is 5.69 Å². The number of nitrogens with zero attached hydrogens (tertiary/aromatic N) is 2. The molecule has 5 heteroatoms. The van der Waals surface area contributed by atoms with Crippen molar-refractivity contribution in [1.29, 1.82) is 0 Å². The minimum Gasteiger partial charge on any atom is -0.381 e. The first-order chi connectivity index (χ1) is 7.81. The van der Waals surface area contributed by atoms with Crippen LogP contribution in [0.4, 0.5) is 10.1 Å². The fraction of sp³-hybridized carbons (Fsp3) is 0.182. The lowest BCUT2D eigenvalue weighted by Gasteiger charge is -2.02. The maximum atomic E-state index is 13.4. The molecule has 1 heterocycles. The van der Waals surface area contributed by atoms with E-state index in [-0.39, 0.29) is 5.82 Å². The van der Waals surface area contributed by atoms with E-state index in [0.717, 1.165) is 5.69 Å². The van der Waals surface area contributed by atoms with E-state index in [1.807, 2.05) is 0 Å². The average molecular weight is 220 g/mol. The minimum absolute atomic E-state index is 0.295. The van der Waals surface area contributed by atoms with Crippen LogP contribution in [-0.2, 0) is 0 Å². The smallest absolute Gasteiger partial charge is 0.148 e. The summed E-state index contributed by atoms with van der Waals surface area (Å²) < 4.78 is 14.9. The topological polar surface area (TPSA) is 55.9 Å². The van der Waals surface area contributed by atoms with E-state index in [2.05, 4.69) is 10.4 Å². The van der Waals surface area contributed by atoms with Gasteiger partial charge in [-0.2, -0.15) is 5.10 Å². The summed E-state index contributed by atoms with van der Waals surface area (Å²) >= 11 is 0. The first kappa shape index (κ1) is 10.6. The third kappa shape index (κ3) is 2.20. The Hall–Kier alpha value is -1.88. The SMILES string of the molecule is NCCNc1cnn(-c2ccccc2F)c1. The Morgan fingerprint density at radius 3 is 2.94 bits per heavy atom. The normalized spacial score (nSPS) is 10.4. The summed E-state index contributed by atoms with van der Waals surface area (Å²) in [6, 6.07) is 6.50. The van der Waals surface area contributed by atoms with E-state index in [0.29, 0.717) is 18.8 Å². The summed E-state index contributed by atoms with van der Waals surface area (Å²) in [6.45, 7) is 1.22. The van der Waals surface area contributed by atoms with Gasteiger partial charge in [-0.15, -0.1) is 0 Å².